The van der Waals surface area contributed by atoms with Gasteiger partial charge in [-0.25, -0.2) is 4.39 Å². The van der Waals surface area contributed by atoms with Crippen LogP contribution in [0.5, 0.6) is 5.75 Å². The lowest BCUT2D eigenvalue weighted by Gasteiger charge is -2.23. The molecule has 2 aromatic rings. The molecule has 8 heteroatoms. The molecule has 0 saturated carbocycles. The summed E-state index contributed by atoms with van der Waals surface area (Å²) in [6, 6.07) is 7.68. The lowest BCUT2D eigenvalue weighted by molar-refractivity contribution is -0.906. The molecule has 1 aliphatic heterocycles. The zero-order valence-electron chi connectivity index (χ0n) is 13.8. The Morgan fingerprint density at radius 2 is 2.04 bits per heavy atom. The Morgan fingerprint density at radius 3 is 2.76 bits per heavy atom. The summed E-state index contributed by atoms with van der Waals surface area (Å²) in [5, 5.41) is 12.3. The van der Waals surface area contributed by atoms with Crippen molar-refractivity contribution in [2.75, 3.05) is 44.7 Å². The van der Waals surface area contributed by atoms with Gasteiger partial charge in [0.1, 0.15) is 30.7 Å². The van der Waals surface area contributed by atoms with Crippen LogP contribution in [0.3, 0.4) is 0 Å². The topological polar surface area (TPSA) is 84.8 Å². The first-order chi connectivity index (χ1) is 12.2. The van der Waals surface area contributed by atoms with E-state index in [0.717, 1.165) is 32.8 Å². The first-order valence-corrected chi connectivity index (χ1v) is 8.18. The largest absolute Gasteiger partial charge is 0.484 e. The second kappa shape index (κ2) is 8.46. The second-order valence-electron chi connectivity index (χ2n) is 5.68. The SMILES string of the molecule is N#Cc1nc(COc2ccc(F)cc2)oc1NCC[NH+]1CCOCC1. The first kappa shape index (κ1) is 17.2. The number of rotatable bonds is 7. The van der Waals surface area contributed by atoms with Crippen LogP contribution in [0.2, 0.25) is 0 Å². The lowest BCUT2D eigenvalue weighted by Crippen LogP contribution is -3.14. The number of morpholine rings is 1. The molecule has 132 valence electrons. The summed E-state index contributed by atoms with van der Waals surface area (Å²) in [6.45, 7) is 5.20. The van der Waals surface area contributed by atoms with E-state index in [1.54, 1.807) is 0 Å². The molecule has 1 aromatic carbocycles. The fourth-order valence-electron chi connectivity index (χ4n) is 2.56. The monoisotopic (exact) mass is 347 g/mol. The maximum atomic E-state index is 12.9. The molecule has 7 nitrogen and oxygen atoms in total. The molecule has 1 fully saturated rings. The third kappa shape index (κ3) is 4.92. The van der Waals surface area contributed by atoms with Gasteiger partial charge in [0.2, 0.25) is 17.5 Å². The van der Waals surface area contributed by atoms with Crippen LogP contribution in [0, 0.1) is 17.1 Å². The standard InChI is InChI=1S/C17H19FN4O3/c18-13-1-3-14(4-2-13)24-12-16-21-15(11-19)17(25-16)20-5-6-22-7-9-23-10-8-22/h1-4,20H,5-10,12H2/p+1. The molecule has 3 rings (SSSR count). The number of quaternary nitrogens is 1. The highest BCUT2D eigenvalue weighted by atomic mass is 19.1. The molecular weight excluding hydrogens is 327 g/mol. The van der Waals surface area contributed by atoms with Crippen LogP contribution in [0.25, 0.3) is 0 Å². The van der Waals surface area contributed by atoms with Gasteiger partial charge in [0.15, 0.2) is 6.61 Å². The van der Waals surface area contributed by atoms with E-state index in [1.807, 2.05) is 6.07 Å². The van der Waals surface area contributed by atoms with Gasteiger partial charge in [0, 0.05) is 0 Å². The van der Waals surface area contributed by atoms with Crippen molar-refractivity contribution in [3.63, 3.8) is 0 Å². The molecule has 25 heavy (non-hydrogen) atoms. The Balaban J connectivity index is 1.51. The van der Waals surface area contributed by atoms with Gasteiger partial charge in [-0.2, -0.15) is 10.2 Å². The van der Waals surface area contributed by atoms with Crippen molar-refractivity contribution in [2.24, 2.45) is 0 Å². The van der Waals surface area contributed by atoms with Crippen LogP contribution >= 0.6 is 0 Å². The minimum absolute atomic E-state index is 0.0662. The highest BCUT2D eigenvalue weighted by Crippen LogP contribution is 2.18. The number of hydrogen-bond donors (Lipinski definition) is 2. The summed E-state index contributed by atoms with van der Waals surface area (Å²) in [5.74, 6) is 0.822. The average molecular weight is 347 g/mol. The number of halogens is 1. The van der Waals surface area contributed by atoms with Gasteiger partial charge in [0.25, 0.3) is 0 Å². The summed E-state index contributed by atoms with van der Waals surface area (Å²) in [6.07, 6.45) is 0. The zero-order chi connectivity index (χ0) is 17.5. The van der Waals surface area contributed by atoms with Gasteiger partial charge in [-0.15, -0.1) is 0 Å². The molecule has 0 bridgehead atoms. The van der Waals surface area contributed by atoms with E-state index in [0.29, 0.717) is 24.1 Å². The smallest absolute Gasteiger partial charge is 0.236 e. The number of hydrogen-bond acceptors (Lipinski definition) is 6. The van der Waals surface area contributed by atoms with E-state index < -0.39 is 0 Å². The molecule has 2 heterocycles. The molecule has 0 spiro atoms. The predicted octanol–water partition coefficient (Wildman–Crippen LogP) is 0.591. The molecule has 0 radical (unpaired) electrons. The fourth-order valence-corrected chi connectivity index (χ4v) is 2.56. The van der Waals surface area contributed by atoms with Gasteiger partial charge in [-0.3, -0.25) is 0 Å². The number of nitrogens with zero attached hydrogens (tertiary/aromatic N) is 2. The number of aromatic nitrogens is 1. The molecule has 0 atom stereocenters. The molecule has 0 aliphatic carbocycles. The van der Waals surface area contributed by atoms with Crippen LogP contribution < -0.4 is 15.0 Å². The maximum Gasteiger partial charge on any atom is 0.236 e. The molecular formula is C17H20FN4O3+. The summed E-state index contributed by atoms with van der Waals surface area (Å²) >= 11 is 0. The third-order valence-electron chi connectivity index (χ3n) is 3.92. The van der Waals surface area contributed by atoms with E-state index in [4.69, 9.17) is 13.9 Å². The van der Waals surface area contributed by atoms with Crippen molar-refractivity contribution >= 4 is 5.88 Å². The van der Waals surface area contributed by atoms with Gasteiger partial charge in [-0.1, -0.05) is 0 Å². The van der Waals surface area contributed by atoms with Crippen LogP contribution in [-0.2, 0) is 11.3 Å². The number of nitriles is 1. The predicted molar refractivity (Wildman–Crippen MR) is 86.8 cm³/mol. The number of nitrogens with one attached hydrogen (secondary N) is 2. The highest BCUT2D eigenvalue weighted by Gasteiger charge is 2.16. The van der Waals surface area contributed by atoms with E-state index in [2.05, 4.69) is 10.3 Å². The van der Waals surface area contributed by atoms with Gasteiger partial charge in [0.05, 0.1) is 26.3 Å². The minimum atomic E-state index is -0.330. The zero-order valence-corrected chi connectivity index (χ0v) is 13.8. The van der Waals surface area contributed by atoms with Crippen molar-refractivity contribution in [3.8, 4) is 11.8 Å². The van der Waals surface area contributed by atoms with Crippen LogP contribution in [0.15, 0.2) is 28.7 Å². The van der Waals surface area contributed by atoms with Gasteiger partial charge >= 0.3 is 0 Å². The van der Waals surface area contributed by atoms with Crippen LogP contribution in [0.4, 0.5) is 10.3 Å². The molecule has 1 aliphatic rings. The Hall–Kier alpha value is -2.63. The van der Waals surface area contributed by atoms with Crippen LogP contribution in [-0.4, -0.2) is 44.4 Å². The quantitative estimate of drug-likeness (QED) is 0.763. The van der Waals surface area contributed by atoms with Crippen molar-refractivity contribution in [1.29, 1.82) is 5.26 Å². The minimum Gasteiger partial charge on any atom is -0.484 e. The summed E-state index contributed by atoms with van der Waals surface area (Å²) < 4.78 is 29.2. The second-order valence-corrected chi connectivity index (χ2v) is 5.68. The van der Waals surface area contributed by atoms with E-state index in [1.165, 1.54) is 29.2 Å². The van der Waals surface area contributed by atoms with Gasteiger partial charge in [-0.05, 0) is 24.3 Å². The first-order valence-electron chi connectivity index (χ1n) is 8.18. The third-order valence-corrected chi connectivity index (χ3v) is 3.92. The average Bonchev–Trinajstić information content (AvgIpc) is 3.04. The summed E-state index contributed by atoms with van der Waals surface area (Å²) in [7, 11) is 0. The van der Waals surface area contributed by atoms with Crippen molar-refractivity contribution in [2.45, 2.75) is 6.61 Å². The van der Waals surface area contributed by atoms with E-state index >= 15 is 0 Å². The highest BCUT2D eigenvalue weighted by molar-refractivity contribution is 5.45. The molecule has 1 saturated heterocycles. The van der Waals surface area contributed by atoms with Gasteiger partial charge < -0.3 is 24.1 Å². The van der Waals surface area contributed by atoms with E-state index in [-0.39, 0.29) is 18.1 Å². The Kier molecular flexibility index (Phi) is 5.82. The normalized spacial score (nSPS) is 14.9. The van der Waals surface area contributed by atoms with Crippen molar-refractivity contribution in [3.05, 3.63) is 41.7 Å². The van der Waals surface area contributed by atoms with Crippen molar-refractivity contribution < 1.29 is 23.2 Å². The summed E-state index contributed by atoms with van der Waals surface area (Å²) in [4.78, 5) is 5.57. The Morgan fingerprint density at radius 1 is 1.28 bits per heavy atom. The molecule has 1 aromatic heterocycles. The van der Waals surface area contributed by atoms with E-state index in [9.17, 15) is 9.65 Å². The van der Waals surface area contributed by atoms with Crippen molar-refractivity contribution in [1.82, 2.24) is 4.98 Å². The Labute approximate surface area is 145 Å². The number of oxazole rings is 1. The lowest BCUT2D eigenvalue weighted by atomic mass is 10.3. The number of benzene rings is 1. The number of ether oxygens (including phenoxy) is 2. The molecule has 0 unspecified atom stereocenters. The Bertz CT molecular complexity index is 720. The van der Waals surface area contributed by atoms with Crippen LogP contribution in [0.1, 0.15) is 11.6 Å². The molecule has 0 amide bonds. The fraction of sp³-hybridized carbons (Fsp3) is 0.412. The number of anilines is 1. The summed E-state index contributed by atoms with van der Waals surface area (Å²) in [5.41, 5.74) is 0.203. The molecule has 2 N–H and O–H groups in total. The maximum absolute atomic E-state index is 12.9.